The average Bonchev–Trinajstić information content (AvgIpc) is 2.58. The van der Waals surface area contributed by atoms with E-state index in [1.54, 1.807) is 0 Å². The number of carbonyl (C=O) groups excluding carboxylic acids is 1. The predicted octanol–water partition coefficient (Wildman–Crippen LogP) is 2.59. The minimum absolute atomic E-state index is 0.0514. The summed E-state index contributed by atoms with van der Waals surface area (Å²) in [5, 5.41) is 6.78. The maximum atomic E-state index is 11.1. The van der Waals surface area contributed by atoms with Gasteiger partial charge in [-0.25, -0.2) is 0 Å². The Balaban J connectivity index is 2.05. The highest BCUT2D eigenvalue weighted by Gasteiger charge is 2.15. The summed E-state index contributed by atoms with van der Waals surface area (Å²) in [5.41, 5.74) is 3.09. The molecular weight excluding hydrogens is 326 g/mol. The highest BCUT2D eigenvalue weighted by atomic mass is 35.5. The van der Waals surface area contributed by atoms with Gasteiger partial charge in [-0.1, -0.05) is 24.6 Å². The first kappa shape index (κ1) is 18.9. The van der Waals surface area contributed by atoms with Crippen molar-refractivity contribution in [3.63, 3.8) is 0 Å². The predicted molar refractivity (Wildman–Crippen MR) is 97.1 cm³/mol. The van der Waals surface area contributed by atoms with Crippen LogP contribution in [0, 0.1) is 0 Å². The summed E-state index contributed by atoms with van der Waals surface area (Å²) in [4.78, 5) is 15.7. The molecule has 0 fully saturated rings. The highest BCUT2D eigenvalue weighted by Crippen LogP contribution is 2.26. The van der Waals surface area contributed by atoms with Gasteiger partial charge in [0.25, 0.3) is 0 Å². The maximum absolute atomic E-state index is 11.1. The Bertz CT molecular complexity index is 590. The van der Waals surface area contributed by atoms with Crippen molar-refractivity contribution in [2.75, 3.05) is 26.2 Å². The van der Waals surface area contributed by atoms with Crippen LogP contribution in [0.1, 0.15) is 37.9 Å². The Kier molecular flexibility index (Phi) is 7.69. The van der Waals surface area contributed by atoms with E-state index in [4.69, 9.17) is 16.3 Å². The van der Waals surface area contributed by atoms with Crippen LogP contribution in [0.5, 0.6) is 0 Å². The van der Waals surface area contributed by atoms with Gasteiger partial charge >= 0.3 is 0 Å². The van der Waals surface area contributed by atoms with Crippen molar-refractivity contribution in [1.82, 2.24) is 15.6 Å². The molecule has 0 saturated carbocycles. The lowest BCUT2D eigenvalue weighted by Crippen LogP contribution is -2.33. The highest BCUT2D eigenvalue weighted by molar-refractivity contribution is 6.32. The van der Waals surface area contributed by atoms with Crippen molar-refractivity contribution in [2.24, 2.45) is 0 Å². The van der Waals surface area contributed by atoms with Crippen LogP contribution in [-0.2, 0) is 16.0 Å². The number of amides is 1. The van der Waals surface area contributed by atoms with Gasteiger partial charge in [0, 0.05) is 39.2 Å². The van der Waals surface area contributed by atoms with Gasteiger partial charge in [0.05, 0.1) is 16.8 Å². The third-order valence-corrected chi connectivity index (χ3v) is 4.15. The van der Waals surface area contributed by atoms with Crippen LogP contribution in [0.4, 0.5) is 0 Å². The van der Waals surface area contributed by atoms with Crippen molar-refractivity contribution in [3.8, 4) is 0 Å². The Labute approximate surface area is 148 Å². The Morgan fingerprint density at radius 3 is 3.00 bits per heavy atom. The molecule has 2 N–H and O–H groups in total. The smallest absolute Gasteiger partial charge is 0.216 e. The number of nitrogens with one attached hydrogen (secondary N) is 2. The van der Waals surface area contributed by atoms with E-state index < -0.39 is 0 Å². The molecule has 1 aromatic heterocycles. The monoisotopic (exact) mass is 351 g/mol. The van der Waals surface area contributed by atoms with Gasteiger partial charge in [0.2, 0.25) is 5.91 Å². The van der Waals surface area contributed by atoms with Crippen molar-refractivity contribution in [3.05, 3.63) is 34.6 Å². The molecule has 0 aliphatic carbocycles. The molecule has 1 aromatic rings. The number of rotatable bonds is 8. The minimum Gasteiger partial charge on any atom is -0.376 e. The molecule has 1 aliphatic rings. The van der Waals surface area contributed by atoms with E-state index in [0.29, 0.717) is 24.6 Å². The van der Waals surface area contributed by atoms with Crippen molar-refractivity contribution in [1.29, 1.82) is 0 Å². The number of hydrogen-bond acceptors (Lipinski definition) is 4. The molecule has 0 aromatic carbocycles. The number of halogens is 1. The molecule has 24 heavy (non-hydrogen) atoms. The lowest BCUT2D eigenvalue weighted by molar-refractivity contribution is -0.119. The number of nitrogens with zero attached hydrogens (tertiary/aromatic N) is 1. The van der Waals surface area contributed by atoms with E-state index in [0.717, 1.165) is 37.2 Å². The fourth-order valence-electron chi connectivity index (χ4n) is 2.66. The molecule has 1 unspecified atom stereocenters. The molecule has 0 radical (unpaired) electrons. The van der Waals surface area contributed by atoms with E-state index in [9.17, 15) is 4.79 Å². The zero-order chi connectivity index (χ0) is 17.4. The molecule has 0 saturated heterocycles. The van der Waals surface area contributed by atoms with Crippen LogP contribution in [-0.4, -0.2) is 43.2 Å². The normalized spacial score (nSPS) is 15.7. The Morgan fingerprint density at radius 2 is 2.38 bits per heavy atom. The van der Waals surface area contributed by atoms with Gasteiger partial charge in [-0.3, -0.25) is 9.78 Å². The van der Waals surface area contributed by atoms with Crippen LogP contribution in [0.15, 0.2) is 18.3 Å². The summed E-state index contributed by atoms with van der Waals surface area (Å²) in [6, 6.07) is 1.96. The van der Waals surface area contributed by atoms with Gasteiger partial charge in [-0.05, 0) is 36.6 Å². The molecule has 1 amide bonds. The minimum atomic E-state index is -0.0735. The van der Waals surface area contributed by atoms with Crippen molar-refractivity contribution in [2.45, 2.75) is 39.2 Å². The summed E-state index contributed by atoms with van der Waals surface area (Å²) in [5.74, 6) is -0.0514. The van der Waals surface area contributed by atoms with Crippen LogP contribution in [0.2, 0.25) is 5.02 Å². The molecule has 0 bridgehead atoms. The zero-order valence-electron chi connectivity index (χ0n) is 14.4. The SMILES string of the molecule is CCCOC(CNC(C)=O)Cc1cnc(C2=CCNCC2)c(Cl)c1. The Morgan fingerprint density at radius 1 is 1.54 bits per heavy atom. The molecule has 1 aliphatic heterocycles. The summed E-state index contributed by atoms with van der Waals surface area (Å²) < 4.78 is 5.83. The number of aromatic nitrogens is 1. The third-order valence-electron chi connectivity index (χ3n) is 3.87. The lowest BCUT2D eigenvalue weighted by Gasteiger charge is -2.19. The second kappa shape index (κ2) is 9.77. The molecule has 6 heteroatoms. The molecule has 132 valence electrons. The first-order valence-corrected chi connectivity index (χ1v) is 8.88. The Hall–Kier alpha value is -1.43. The number of hydrogen-bond donors (Lipinski definition) is 2. The molecular formula is C18H26ClN3O2. The molecule has 0 spiro atoms. The quantitative estimate of drug-likeness (QED) is 0.755. The first-order chi connectivity index (χ1) is 11.6. The van der Waals surface area contributed by atoms with Crippen molar-refractivity contribution >= 4 is 23.1 Å². The van der Waals surface area contributed by atoms with Crippen LogP contribution < -0.4 is 10.6 Å². The van der Waals surface area contributed by atoms with Crippen LogP contribution >= 0.6 is 11.6 Å². The van der Waals surface area contributed by atoms with E-state index in [-0.39, 0.29) is 12.0 Å². The van der Waals surface area contributed by atoms with E-state index in [2.05, 4.69) is 28.6 Å². The molecule has 1 atom stereocenters. The third kappa shape index (κ3) is 5.89. The van der Waals surface area contributed by atoms with Gasteiger partial charge in [0.1, 0.15) is 0 Å². The summed E-state index contributed by atoms with van der Waals surface area (Å²) in [6.07, 6.45) is 6.48. The van der Waals surface area contributed by atoms with Crippen molar-refractivity contribution < 1.29 is 9.53 Å². The summed E-state index contributed by atoms with van der Waals surface area (Å²) in [6.45, 7) is 6.55. The fraction of sp³-hybridized carbons (Fsp3) is 0.556. The lowest BCUT2D eigenvalue weighted by atomic mass is 10.0. The summed E-state index contributed by atoms with van der Waals surface area (Å²) in [7, 11) is 0. The average molecular weight is 352 g/mol. The zero-order valence-corrected chi connectivity index (χ0v) is 15.2. The second-order valence-corrected chi connectivity index (χ2v) is 6.40. The fourth-order valence-corrected chi connectivity index (χ4v) is 2.97. The van der Waals surface area contributed by atoms with E-state index >= 15 is 0 Å². The number of carbonyl (C=O) groups is 1. The van der Waals surface area contributed by atoms with Crippen LogP contribution in [0.25, 0.3) is 5.57 Å². The van der Waals surface area contributed by atoms with E-state index in [1.807, 2.05) is 12.3 Å². The largest absolute Gasteiger partial charge is 0.376 e. The van der Waals surface area contributed by atoms with Gasteiger partial charge in [-0.15, -0.1) is 0 Å². The van der Waals surface area contributed by atoms with Crippen LogP contribution in [0.3, 0.4) is 0 Å². The van der Waals surface area contributed by atoms with Gasteiger partial charge < -0.3 is 15.4 Å². The second-order valence-electron chi connectivity index (χ2n) is 5.99. The van der Waals surface area contributed by atoms with Gasteiger partial charge in [0.15, 0.2) is 0 Å². The molecule has 2 rings (SSSR count). The standard InChI is InChI=1S/C18H26ClN3O2/c1-3-8-24-16(12-21-13(2)23)9-14-10-17(19)18(22-11-14)15-4-6-20-7-5-15/h4,10-11,16,20H,3,5-9,12H2,1-2H3,(H,21,23). The number of pyridine rings is 1. The van der Waals surface area contributed by atoms with E-state index in [1.165, 1.54) is 12.5 Å². The topological polar surface area (TPSA) is 63.2 Å². The van der Waals surface area contributed by atoms with Gasteiger partial charge in [-0.2, -0.15) is 0 Å². The number of ether oxygens (including phenoxy) is 1. The molecule has 2 heterocycles. The summed E-state index contributed by atoms with van der Waals surface area (Å²) >= 11 is 6.44. The first-order valence-electron chi connectivity index (χ1n) is 8.50. The maximum Gasteiger partial charge on any atom is 0.216 e. The molecule has 5 nitrogen and oxygen atoms in total.